The third-order valence-electron chi connectivity index (χ3n) is 5.29. The molecule has 1 aromatic rings. The molecule has 2 aliphatic rings. The summed E-state index contributed by atoms with van der Waals surface area (Å²) in [5.74, 6) is -2.00. The molecule has 2 aliphatic carbocycles. The van der Waals surface area contributed by atoms with Gasteiger partial charge in [-0.2, -0.15) is 5.10 Å². The zero-order valence-corrected chi connectivity index (χ0v) is 18.7. The van der Waals surface area contributed by atoms with Crippen LogP contribution in [0.2, 0.25) is 0 Å². The SMILES string of the molecule is Cc1cc(C(O)=C2C(=O)C3CCC(C3)C2=O)c(=O)n(CCC(=O)N(C)C)n1.[Na]. The van der Waals surface area contributed by atoms with E-state index in [9.17, 15) is 24.3 Å². The molecule has 28 heavy (non-hydrogen) atoms. The van der Waals surface area contributed by atoms with Crippen LogP contribution in [0.3, 0.4) is 0 Å². The molecular formula is C19H23N3NaO5. The summed E-state index contributed by atoms with van der Waals surface area (Å²) in [7, 11) is 3.23. The summed E-state index contributed by atoms with van der Waals surface area (Å²) in [6, 6.07) is 1.37. The average molecular weight is 396 g/mol. The van der Waals surface area contributed by atoms with Gasteiger partial charge in [0.05, 0.1) is 17.8 Å². The van der Waals surface area contributed by atoms with E-state index in [2.05, 4.69) is 5.10 Å². The molecule has 2 atom stereocenters. The van der Waals surface area contributed by atoms with E-state index >= 15 is 0 Å². The minimum absolute atomic E-state index is 0. The summed E-state index contributed by atoms with van der Waals surface area (Å²) in [6.45, 7) is 1.68. The Morgan fingerprint density at radius 1 is 1.21 bits per heavy atom. The number of amides is 1. The van der Waals surface area contributed by atoms with Crippen LogP contribution < -0.4 is 5.56 Å². The second kappa shape index (κ2) is 8.71. The first-order chi connectivity index (χ1) is 12.7. The van der Waals surface area contributed by atoms with E-state index in [0.29, 0.717) is 25.0 Å². The Balaban J connectivity index is 0.00000280. The molecule has 0 saturated heterocycles. The van der Waals surface area contributed by atoms with Crippen LogP contribution >= 0.6 is 0 Å². The Morgan fingerprint density at radius 2 is 1.79 bits per heavy atom. The molecule has 3 rings (SSSR count). The molecule has 0 spiro atoms. The molecule has 1 N–H and O–H groups in total. The number of fused-ring (bicyclic) bond motifs is 2. The Hall–Kier alpha value is -1.77. The number of Topliss-reactive ketones (excluding diaryl/α,β-unsaturated/α-hetero) is 2. The Kier molecular flexibility index (Phi) is 7.01. The fourth-order valence-electron chi connectivity index (χ4n) is 3.78. The number of hydrogen-bond acceptors (Lipinski definition) is 6. The molecule has 1 amide bonds. The van der Waals surface area contributed by atoms with Crippen LogP contribution in [-0.4, -0.2) is 80.9 Å². The monoisotopic (exact) mass is 396 g/mol. The minimum Gasteiger partial charge on any atom is -0.506 e. The van der Waals surface area contributed by atoms with Crippen molar-refractivity contribution in [2.75, 3.05) is 14.1 Å². The molecule has 2 fully saturated rings. The predicted molar refractivity (Wildman–Crippen MR) is 103 cm³/mol. The van der Waals surface area contributed by atoms with Crippen molar-refractivity contribution in [2.45, 2.75) is 39.2 Å². The fraction of sp³-hybridized carbons (Fsp3) is 0.526. The van der Waals surface area contributed by atoms with E-state index in [1.54, 1.807) is 21.0 Å². The van der Waals surface area contributed by atoms with Gasteiger partial charge in [-0.05, 0) is 32.3 Å². The summed E-state index contributed by atoms with van der Waals surface area (Å²) in [5.41, 5.74) is -0.575. The standard InChI is InChI=1S/C19H23N3O5.Na/c1-10-8-13(19(27)22(20-10)7-6-14(23)21(2)3)18(26)15-16(24)11-4-5-12(9-11)17(15)25;/h8,11-12,26H,4-7,9H2,1-3H3;. The van der Waals surface area contributed by atoms with Crippen molar-refractivity contribution in [2.24, 2.45) is 11.8 Å². The number of aryl methyl sites for hydroxylation is 2. The number of rotatable bonds is 4. The average Bonchev–Trinajstić information content (AvgIpc) is 3.07. The summed E-state index contributed by atoms with van der Waals surface area (Å²) < 4.78 is 1.09. The second-order valence-electron chi connectivity index (χ2n) is 7.42. The molecule has 1 aromatic heterocycles. The molecule has 1 heterocycles. The third kappa shape index (κ3) is 4.14. The van der Waals surface area contributed by atoms with Gasteiger partial charge in [0.25, 0.3) is 5.56 Å². The van der Waals surface area contributed by atoms with Crippen LogP contribution in [-0.2, 0) is 20.9 Å². The van der Waals surface area contributed by atoms with E-state index in [-0.39, 0.29) is 83.0 Å². The Labute approximate surface area is 184 Å². The minimum atomic E-state index is -0.629. The zero-order valence-electron chi connectivity index (χ0n) is 16.7. The van der Waals surface area contributed by atoms with Gasteiger partial charge >= 0.3 is 0 Å². The molecule has 9 heteroatoms. The number of aliphatic hydroxyl groups is 1. The van der Waals surface area contributed by atoms with Crippen molar-refractivity contribution in [3.05, 3.63) is 33.3 Å². The van der Waals surface area contributed by atoms with Crippen molar-refractivity contribution in [1.82, 2.24) is 14.7 Å². The molecule has 2 unspecified atom stereocenters. The maximum absolute atomic E-state index is 12.7. The molecule has 145 valence electrons. The number of carbonyl (C=O) groups is 3. The van der Waals surface area contributed by atoms with E-state index < -0.39 is 11.3 Å². The van der Waals surface area contributed by atoms with Gasteiger partial charge in [-0.1, -0.05) is 0 Å². The normalized spacial score (nSPS) is 20.8. The predicted octanol–water partition coefficient (Wildman–Crippen LogP) is 0.486. The van der Waals surface area contributed by atoms with Gasteiger partial charge in [-0.15, -0.1) is 0 Å². The van der Waals surface area contributed by atoms with Crippen molar-refractivity contribution in [1.29, 1.82) is 0 Å². The maximum Gasteiger partial charge on any atom is 0.277 e. The van der Waals surface area contributed by atoms with Crippen molar-refractivity contribution < 1.29 is 19.5 Å². The molecule has 0 aliphatic heterocycles. The van der Waals surface area contributed by atoms with Gasteiger partial charge in [0, 0.05) is 61.9 Å². The number of ketones is 2. The van der Waals surface area contributed by atoms with Crippen LogP contribution in [0.15, 0.2) is 16.4 Å². The van der Waals surface area contributed by atoms with Crippen molar-refractivity contribution >= 4 is 52.8 Å². The van der Waals surface area contributed by atoms with Gasteiger partial charge in [0.2, 0.25) is 5.91 Å². The summed E-state index contributed by atoms with van der Waals surface area (Å²) in [5, 5.41) is 14.8. The van der Waals surface area contributed by atoms with Crippen LogP contribution in [0.5, 0.6) is 0 Å². The van der Waals surface area contributed by atoms with Gasteiger partial charge < -0.3 is 10.0 Å². The van der Waals surface area contributed by atoms with Crippen molar-refractivity contribution in [3.8, 4) is 0 Å². The van der Waals surface area contributed by atoms with Gasteiger partial charge in [0.1, 0.15) is 11.3 Å². The summed E-state index contributed by atoms with van der Waals surface area (Å²) in [6.07, 6.45) is 1.87. The fourth-order valence-corrected chi connectivity index (χ4v) is 3.78. The number of allylic oxidation sites excluding steroid dienone is 1. The largest absolute Gasteiger partial charge is 0.506 e. The van der Waals surface area contributed by atoms with E-state index in [1.807, 2.05) is 0 Å². The third-order valence-corrected chi connectivity index (χ3v) is 5.29. The van der Waals surface area contributed by atoms with E-state index in [1.165, 1.54) is 11.0 Å². The van der Waals surface area contributed by atoms with Crippen LogP contribution in [0, 0.1) is 18.8 Å². The van der Waals surface area contributed by atoms with E-state index in [4.69, 9.17) is 0 Å². The first-order valence-corrected chi connectivity index (χ1v) is 9.01. The van der Waals surface area contributed by atoms with Gasteiger partial charge in [0.15, 0.2) is 11.6 Å². The summed E-state index contributed by atoms with van der Waals surface area (Å²) >= 11 is 0. The quantitative estimate of drug-likeness (QED) is 0.343. The molecule has 2 bridgehead atoms. The number of aliphatic hydroxyl groups excluding tert-OH is 1. The number of hydrogen-bond donors (Lipinski definition) is 1. The molecule has 0 aromatic carbocycles. The Bertz CT molecular complexity index is 895. The molecule has 2 saturated carbocycles. The summed E-state index contributed by atoms with van der Waals surface area (Å²) in [4.78, 5) is 51.1. The molecule has 8 nitrogen and oxygen atoms in total. The second-order valence-corrected chi connectivity index (χ2v) is 7.42. The Morgan fingerprint density at radius 3 is 2.32 bits per heavy atom. The number of aromatic nitrogens is 2. The van der Waals surface area contributed by atoms with Crippen molar-refractivity contribution in [3.63, 3.8) is 0 Å². The van der Waals surface area contributed by atoms with Crippen LogP contribution in [0.4, 0.5) is 0 Å². The maximum atomic E-state index is 12.7. The number of nitrogens with zero attached hydrogens (tertiary/aromatic N) is 3. The molecular weight excluding hydrogens is 373 g/mol. The van der Waals surface area contributed by atoms with Crippen LogP contribution in [0.1, 0.15) is 36.9 Å². The van der Waals surface area contributed by atoms with Gasteiger partial charge in [-0.3, -0.25) is 19.2 Å². The van der Waals surface area contributed by atoms with Gasteiger partial charge in [-0.25, -0.2) is 4.68 Å². The molecule has 1 radical (unpaired) electrons. The van der Waals surface area contributed by atoms with Crippen LogP contribution in [0.25, 0.3) is 5.76 Å². The van der Waals surface area contributed by atoms with E-state index in [0.717, 1.165) is 4.68 Å². The first-order valence-electron chi connectivity index (χ1n) is 9.01. The number of carbonyl (C=O) groups excluding carboxylic acids is 3. The smallest absolute Gasteiger partial charge is 0.277 e. The zero-order chi connectivity index (χ0) is 19.9. The topological polar surface area (TPSA) is 110 Å². The first kappa shape index (κ1) is 22.5.